The zero-order valence-corrected chi connectivity index (χ0v) is 17.8. The molecule has 0 atom stereocenters. The summed E-state index contributed by atoms with van der Waals surface area (Å²) in [5.74, 6) is 0.703. The van der Waals surface area contributed by atoms with Gasteiger partial charge in [-0.1, -0.05) is 53.2 Å². The van der Waals surface area contributed by atoms with Crippen LogP contribution in [0.5, 0.6) is 0 Å². The van der Waals surface area contributed by atoms with E-state index in [1.807, 2.05) is 54.0 Å². The summed E-state index contributed by atoms with van der Waals surface area (Å²) in [6, 6.07) is 20.2. The van der Waals surface area contributed by atoms with Gasteiger partial charge in [0.05, 0.1) is 0 Å². The molecule has 0 aliphatic rings. The number of aromatic nitrogens is 3. The molecule has 0 fully saturated rings. The molecule has 29 heavy (non-hydrogen) atoms. The number of aryl methyl sites for hydroxylation is 1. The molecule has 0 unspecified atom stereocenters. The molecule has 4 rings (SSSR count). The van der Waals surface area contributed by atoms with Gasteiger partial charge in [0, 0.05) is 32.6 Å². The summed E-state index contributed by atoms with van der Waals surface area (Å²) < 4.78 is 16.2. The van der Waals surface area contributed by atoms with Crippen molar-refractivity contribution in [1.29, 1.82) is 0 Å². The van der Waals surface area contributed by atoms with E-state index in [-0.39, 0.29) is 5.82 Å². The minimum absolute atomic E-state index is 0.329. The normalized spacial score (nSPS) is 11.0. The smallest absolute Gasteiger partial charge is 0.196 e. The predicted octanol–water partition coefficient (Wildman–Crippen LogP) is 6.98. The molecule has 3 nitrogen and oxygen atoms in total. The lowest BCUT2D eigenvalue weighted by molar-refractivity contribution is 0.617. The maximum atomic E-state index is 14.2. The first-order chi connectivity index (χ1) is 14.0. The molecule has 0 aliphatic heterocycles. The average molecular weight is 444 g/mol. The van der Waals surface area contributed by atoms with Gasteiger partial charge >= 0.3 is 0 Å². The lowest BCUT2D eigenvalue weighted by Crippen LogP contribution is -2.00. The molecule has 146 valence electrons. The van der Waals surface area contributed by atoms with E-state index in [0.29, 0.717) is 32.3 Å². The van der Waals surface area contributed by atoms with Crippen LogP contribution in [0.1, 0.15) is 11.1 Å². The number of halogens is 3. The van der Waals surface area contributed by atoms with Crippen molar-refractivity contribution >= 4 is 35.0 Å². The van der Waals surface area contributed by atoms with Gasteiger partial charge in [0.1, 0.15) is 5.82 Å². The third kappa shape index (κ3) is 4.32. The molecule has 0 amide bonds. The van der Waals surface area contributed by atoms with Crippen LogP contribution in [0.4, 0.5) is 4.39 Å². The Morgan fingerprint density at radius 3 is 2.45 bits per heavy atom. The number of hydrogen-bond donors (Lipinski definition) is 0. The Morgan fingerprint density at radius 2 is 1.72 bits per heavy atom. The minimum atomic E-state index is -0.329. The second-order valence-electron chi connectivity index (χ2n) is 6.48. The molecule has 0 radical (unpaired) electrons. The number of hydrogen-bond acceptors (Lipinski definition) is 3. The molecule has 3 aromatic carbocycles. The fourth-order valence-corrected chi connectivity index (χ4v) is 4.38. The quantitative estimate of drug-likeness (QED) is 0.311. The highest BCUT2D eigenvalue weighted by atomic mass is 35.5. The molecule has 0 bridgehead atoms. The van der Waals surface area contributed by atoms with E-state index in [2.05, 4.69) is 16.3 Å². The maximum Gasteiger partial charge on any atom is 0.196 e. The molecule has 0 aliphatic carbocycles. The number of rotatable bonds is 5. The Labute approximate surface area is 182 Å². The molecule has 4 aromatic rings. The number of thioether (sulfide) groups is 1. The summed E-state index contributed by atoms with van der Waals surface area (Å²) in [5, 5.41) is 10.5. The Kier molecular flexibility index (Phi) is 5.90. The lowest BCUT2D eigenvalue weighted by Gasteiger charge is -2.12. The van der Waals surface area contributed by atoms with E-state index in [1.54, 1.807) is 12.1 Å². The van der Waals surface area contributed by atoms with Crippen molar-refractivity contribution in [3.05, 3.63) is 93.7 Å². The SMILES string of the molecule is Cc1cccc(-n2c(SCc3c(F)cccc3Cl)nnc2-c2ccc(Cl)cc2)c1. The van der Waals surface area contributed by atoms with Crippen molar-refractivity contribution in [2.75, 3.05) is 0 Å². The van der Waals surface area contributed by atoms with Gasteiger partial charge in [0.15, 0.2) is 11.0 Å². The van der Waals surface area contributed by atoms with Crippen LogP contribution in [-0.2, 0) is 5.75 Å². The van der Waals surface area contributed by atoms with Gasteiger partial charge in [-0.2, -0.15) is 0 Å². The fourth-order valence-electron chi connectivity index (χ4n) is 2.96. The second-order valence-corrected chi connectivity index (χ2v) is 8.26. The van der Waals surface area contributed by atoms with Crippen LogP contribution >= 0.6 is 35.0 Å². The van der Waals surface area contributed by atoms with Gasteiger partial charge < -0.3 is 0 Å². The zero-order valence-electron chi connectivity index (χ0n) is 15.4. The summed E-state index contributed by atoms with van der Waals surface area (Å²) in [7, 11) is 0. The van der Waals surface area contributed by atoms with E-state index < -0.39 is 0 Å². The molecule has 0 saturated carbocycles. The monoisotopic (exact) mass is 443 g/mol. The van der Waals surface area contributed by atoms with Crippen LogP contribution in [0.3, 0.4) is 0 Å². The highest BCUT2D eigenvalue weighted by Gasteiger charge is 2.18. The van der Waals surface area contributed by atoms with Crippen molar-refractivity contribution in [2.24, 2.45) is 0 Å². The first kappa shape index (κ1) is 20.0. The highest BCUT2D eigenvalue weighted by molar-refractivity contribution is 7.98. The molecule has 0 N–H and O–H groups in total. The Bertz CT molecular complexity index is 1140. The van der Waals surface area contributed by atoms with Crippen LogP contribution in [0, 0.1) is 12.7 Å². The van der Waals surface area contributed by atoms with E-state index in [9.17, 15) is 4.39 Å². The van der Waals surface area contributed by atoms with Gasteiger partial charge in [-0.3, -0.25) is 4.57 Å². The van der Waals surface area contributed by atoms with Crippen LogP contribution in [0.15, 0.2) is 71.9 Å². The molecular formula is C22H16Cl2FN3S. The van der Waals surface area contributed by atoms with Crippen molar-refractivity contribution < 1.29 is 4.39 Å². The van der Waals surface area contributed by atoms with Crippen molar-refractivity contribution in [3.8, 4) is 17.1 Å². The van der Waals surface area contributed by atoms with E-state index in [0.717, 1.165) is 16.8 Å². The van der Waals surface area contributed by atoms with Crippen LogP contribution in [-0.4, -0.2) is 14.8 Å². The van der Waals surface area contributed by atoms with Gasteiger partial charge in [0.25, 0.3) is 0 Å². The van der Waals surface area contributed by atoms with Gasteiger partial charge in [-0.05, 0) is 61.0 Å². The fraction of sp³-hybridized carbons (Fsp3) is 0.0909. The summed E-state index contributed by atoms with van der Waals surface area (Å²) in [4.78, 5) is 0. The summed E-state index contributed by atoms with van der Waals surface area (Å²) in [6.07, 6.45) is 0. The third-order valence-corrected chi connectivity index (χ3v) is 5.96. The Morgan fingerprint density at radius 1 is 0.966 bits per heavy atom. The van der Waals surface area contributed by atoms with Gasteiger partial charge in [-0.15, -0.1) is 10.2 Å². The van der Waals surface area contributed by atoms with Gasteiger partial charge in [0.2, 0.25) is 0 Å². The molecule has 1 heterocycles. The molecule has 7 heteroatoms. The van der Waals surface area contributed by atoms with Gasteiger partial charge in [-0.25, -0.2) is 4.39 Å². The third-order valence-electron chi connectivity index (χ3n) is 4.40. The first-order valence-electron chi connectivity index (χ1n) is 8.87. The summed E-state index contributed by atoms with van der Waals surface area (Å²) in [5.41, 5.74) is 3.39. The average Bonchev–Trinajstić information content (AvgIpc) is 3.12. The van der Waals surface area contributed by atoms with Crippen molar-refractivity contribution in [2.45, 2.75) is 17.8 Å². The zero-order chi connectivity index (χ0) is 20.4. The predicted molar refractivity (Wildman–Crippen MR) is 118 cm³/mol. The summed E-state index contributed by atoms with van der Waals surface area (Å²) >= 11 is 13.6. The first-order valence-corrected chi connectivity index (χ1v) is 10.6. The molecule has 0 saturated heterocycles. The molecule has 0 spiro atoms. The van der Waals surface area contributed by atoms with Crippen molar-refractivity contribution in [1.82, 2.24) is 14.8 Å². The Hall–Kier alpha value is -2.34. The molecule has 1 aromatic heterocycles. The van der Waals surface area contributed by atoms with Crippen LogP contribution < -0.4 is 0 Å². The van der Waals surface area contributed by atoms with E-state index in [1.165, 1.54) is 17.8 Å². The largest absolute Gasteiger partial charge is 0.270 e. The van der Waals surface area contributed by atoms with E-state index in [4.69, 9.17) is 23.2 Å². The standard InChI is InChI=1S/C22H16Cl2FN3S/c1-14-4-2-5-17(12-14)28-21(15-8-10-16(23)11-9-15)26-27-22(28)29-13-18-19(24)6-3-7-20(18)25/h2-12H,13H2,1H3. The number of benzene rings is 3. The topological polar surface area (TPSA) is 30.7 Å². The highest BCUT2D eigenvalue weighted by Crippen LogP contribution is 2.32. The Balaban J connectivity index is 1.77. The van der Waals surface area contributed by atoms with Crippen LogP contribution in [0.25, 0.3) is 17.1 Å². The maximum absolute atomic E-state index is 14.2. The van der Waals surface area contributed by atoms with E-state index >= 15 is 0 Å². The van der Waals surface area contributed by atoms with Crippen molar-refractivity contribution in [3.63, 3.8) is 0 Å². The lowest BCUT2D eigenvalue weighted by atomic mass is 10.2. The minimum Gasteiger partial charge on any atom is -0.270 e. The summed E-state index contributed by atoms with van der Waals surface area (Å²) in [6.45, 7) is 2.03. The number of nitrogens with zero attached hydrogens (tertiary/aromatic N) is 3. The molecular weight excluding hydrogens is 428 g/mol. The van der Waals surface area contributed by atoms with Crippen LogP contribution in [0.2, 0.25) is 10.0 Å². The second kappa shape index (κ2) is 8.57.